The van der Waals surface area contributed by atoms with E-state index in [0.29, 0.717) is 0 Å². The van der Waals surface area contributed by atoms with E-state index in [-0.39, 0.29) is 17.9 Å². The first-order valence-corrected chi connectivity index (χ1v) is 6.89. The first-order valence-electron chi connectivity index (χ1n) is 6.89. The van der Waals surface area contributed by atoms with Gasteiger partial charge in [-0.3, -0.25) is 4.79 Å². The molecule has 0 aromatic heterocycles. The minimum Gasteiger partial charge on any atom is -0.391 e. The summed E-state index contributed by atoms with van der Waals surface area (Å²) in [5.41, 5.74) is 0. The Kier molecular flexibility index (Phi) is 4.40. The van der Waals surface area contributed by atoms with Crippen LogP contribution >= 0.6 is 0 Å². The lowest BCUT2D eigenvalue weighted by Crippen LogP contribution is -2.52. The highest BCUT2D eigenvalue weighted by Gasteiger charge is 2.33. The maximum absolute atomic E-state index is 12.5. The third-order valence-electron chi connectivity index (χ3n) is 4.08. The predicted molar refractivity (Wildman–Crippen MR) is 66.6 cm³/mol. The van der Waals surface area contributed by atoms with Crippen LogP contribution in [-0.4, -0.2) is 47.7 Å². The minimum absolute atomic E-state index is 0.0473. The van der Waals surface area contributed by atoms with Crippen molar-refractivity contribution in [3.05, 3.63) is 0 Å². The Morgan fingerprint density at radius 2 is 2.00 bits per heavy atom. The predicted octanol–water partition coefficient (Wildman–Crippen LogP) is 0.748. The number of nitrogens with one attached hydrogen (secondary N) is 1. The molecule has 98 valence electrons. The third kappa shape index (κ3) is 2.99. The van der Waals surface area contributed by atoms with Crippen molar-refractivity contribution in [2.75, 3.05) is 19.6 Å². The Hall–Kier alpha value is -0.610. The number of aliphatic hydroxyl groups is 1. The van der Waals surface area contributed by atoms with Gasteiger partial charge in [-0.2, -0.15) is 0 Å². The summed E-state index contributed by atoms with van der Waals surface area (Å²) in [4.78, 5) is 14.4. The molecule has 4 nitrogen and oxygen atoms in total. The summed E-state index contributed by atoms with van der Waals surface area (Å²) in [5.74, 6) is 0.452. The van der Waals surface area contributed by atoms with Gasteiger partial charge in [-0.25, -0.2) is 0 Å². The van der Waals surface area contributed by atoms with E-state index in [4.69, 9.17) is 0 Å². The van der Waals surface area contributed by atoms with Gasteiger partial charge in [-0.15, -0.1) is 0 Å². The van der Waals surface area contributed by atoms with E-state index in [1.807, 2.05) is 4.90 Å². The highest BCUT2D eigenvalue weighted by atomic mass is 16.3. The van der Waals surface area contributed by atoms with Gasteiger partial charge in [0.25, 0.3) is 0 Å². The highest BCUT2D eigenvalue weighted by molar-refractivity contribution is 5.79. The lowest BCUT2D eigenvalue weighted by Gasteiger charge is -2.40. The summed E-state index contributed by atoms with van der Waals surface area (Å²) in [7, 11) is 0. The van der Waals surface area contributed by atoms with Crippen molar-refractivity contribution in [3.8, 4) is 0 Å². The molecule has 2 aliphatic heterocycles. The molecule has 0 aromatic rings. The Labute approximate surface area is 103 Å². The Morgan fingerprint density at radius 1 is 1.29 bits per heavy atom. The van der Waals surface area contributed by atoms with Crippen molar-refractivity contribution in [2.45, 2.75) is 51.2 Å². The number of likely N-dealkylation sites (tertiary alicyclic amines) is 1. The van der Waals surface area contributed by atoms with Crippen molar-refractivity contribution < 1.29 is 9.90 Å². The van der Waals surface area contributed by atoms with Gasteiger partial charge in [0.2, 0.25) is 5.91 Å². The third-order valence-corrected chi connectivity index (χ3v) is 4.08. The van der Waals surface area contributed by atoms with Gasteiger partial charge in [0, 0.05) is 12.5 Å². The molecule has 2 heterocycles. The smallest absolute Gasteiger partial charge is 0.226 e. The van der Waals surface area contributed by atoms with Crippen molar-refractivity contribution in [1.82, 2.24) is 10.2 Å². The van der Waals surface area contributed by atoms with Crippen LogP contribution in [0.3, 0.4) is 0 Å². The largest absolute Gasteiger partial charge is 0.391 e. The molecule has 0 saturated carbocycles. The normalized spacial score (nSPS) is 29.1. The molecular formula is C13H24N2O2. The molecule has 2 unspecified atom stereocenters. The van der Waals surface area contributed by atoms with Crippen LogP contribution in [0.2, 0.25) is 0 Å². The summed E-state index contributed by atoms with van der Waals surface area (Å²) in [6.45, 7) is 4.53. The molecule has 2 fully saturated rings. The average molecular weight is 240 g/mol. The second kappa shape index (κ2) is 5.83. The molecule has 4 heteroatoms. The van der Waals surface area contributed by atoms with E-state index in [2.05, 4.69) is 5.32 Å². The molecule has 0 aromatic carbocycles. The fourth-order valence-corrected chi connectivity index (χ4v) is 3.04. The van der Waals surface area contributed by atoms with Crippen LogP contribution in [0.25, 0.3) is 0 Å². The average Bonchev–Trinajstić information content (AvgIpc) is 2.39. The van der Waals surface area contributed by atoms with Gasteiger partial charge in [-0.1, -0.05) is 0 Å². The lowest BCUT2D eigenvalue weighted by atomic mass is 9.92. The molecule has 0 aliphatic carbocycles. The Morgan fingerprint density at radius 3 is 2.65 bits per heavy atom. The van der Waals surface area contributed by atoms with Crippen LogP contribution < -0.4 is 5.32 Å². The Balaban J connectivity index is 1.99. The van der Waals surface area contributed by atoms with E-state index in [0.717, 1.165) is 51.7 Å². The van der Waals surface area contributed by atoms with Gasteiger partial charge in [0.15, 0.2) is 0 Å². The quantitative estimate of drug-likeness (QED) is 0.749. The van der Waals surface area contributed by atoms with Gasteiger partial charge < -0.3 is 15.3 Å². The summed E-state index contributed by atoms with van der Waals surface area (Å²) in [6, 6.07) is 0.0473. The number of hydrogen-bond acceptors (Lipinski definition) is 3. The van der Waals surface area contributed by atoms with Gasteiger partial charge in [-0.05, 0) is 52.1 Å². The minimum atomic E-state index is -0.402. The Bertz CT molecular complexity index is 262. The van der Waals surface area contributed by atoms with Crippen LogP contribution in [0, 0.1) is 5.92 Å². The van der Waals surface area contributed by atoms with E-state index in [1.165, 1.54) is 0 Å². The maximum atomic E-state index is 12.5. The zero-order chi connectivity index (χ0) is 12.3. The number of nitrogens with zero attached hydrogens (tertiary/aromatic N) is 1. The number of aliphatic hydroxyl groups excluding tert-OH is 1. The second-order valence-corrected chi connectivity index (χ2v) is 5.36. The topological polar surface area (TPSA) is 52.6 Å². The molecule has 0 spiro atoms. The first kappa shape index (κ1) is 12.8. The molecule has 0 bridgehead atoms. The lowest BCUT2D eigenvalue weighted by molar-refractivity contribution is -0.143. The molecule has 2 atom stereocenters. The zero-order valence-corrected chi connectivity index (χ0v) is 10.7. The number of hydrogen-bond donors (Lipinski definition) is 2. The van der Waals surface area contributed by atoms with Crippen LogP contribution in [0.15, 0.2) is 0 Å². The number of piperidine rings is 2. The van der Waals surface area contributed by atoms with Crippen molar-refractivity contribution in [2.24, 2.45) is 5.92 Å². The van der Waals surface area contributed by atoms with Crippen LogP contribution in [0.1, 0.15) is 39.0 Å². The van der Waals surface area contributed by atoms with Gasteiger partial charge >= 0.3 is 0 Å². The number of carbonyl (C=O) groups is 1. The second-order valence-electron chi connectivity index (χ2n) is 5.36. The maximum Gasteiger partial charge on any atom is 0.226 e. The standard InChI is InChI=1S/C13H24N2O2/c1-10(16)12-4-2-3-9-15(12)13(17)11-5-7-14-8-6-11/h10-12,14,16H,2-9H2,1H3. The zero-order valence-electron chi connectivity index (χ0n) is 10.7. The van der Waals surface area contributed by atoms with Crippen LogP contribution in [0.5, 0.6) is 0 Å². The molecular weight excluding hydrogens is 216 g/mol. The summed E-state index contributed by atoms with van der Waals surface area (Å²) >= 11 is 0. The molecule has 1 amide bonds. The summed E-state index contributed by atoms with van der Waals surface area (Å²) in [5, 5.41) is 13.1. The van der Waals surface area contributed by atoms with E-state index < -0.39 is 6.10 Å². The van der Waals surface area contributed by atoms with E-state index >= 15 is 0 Å². The van der Waals surface area contributed by atoms with Gasteiger partial charge in [0.05, 0.1) is 12.1 Å². The molecule has 2 rings (SSSR count). The number of carbonyl (C=O) groups excluding carboxylic acids is 1. The fraction of sp³-hybridized carbons (Fsp3) is 0.923. The molecule has 17 heavy (non-hydrogen) atoms. The van der Waals surface area contributed by atoms with E-state index in [1.54, 1.807) is 6.92 Å². The highest BCUT2D eigenvalue weighted by Crippen LogP contribution is 2.24. The van der Waals surface area contributed by atoms with Crippen LogP contribution in [-0.2, 0) is 4.79 Å². The van der Waals surface area contributed by atoms with Crippen LogP contribution in [0.4, 0.5) is 0 Å². The summed E-state index contributed by atoms with van der Waals surface area (Å²) in [6.07, 6.45) is 4.66. The first-order chi connectivity index (χ1) is 8.20. The van der Waals surface area contributed by atoms with Gasteiger partial charge in [0.1, 0.15) is 0 Å². The monoisotopic (exact) mass is 240 g/mol. The van der Waals surface area contributed by atoms with E-state index in [9.17, 15) is 9.90 Å². The van der Waals surface area contributed by atoms with Crippen molar-refractivity contribution in [3.63, 3.8) is 0 Å². The summed E-state index contributed by atoms with van der Waals surface area (Å²) < 4.78 is 0. The van der Waals surface area contributed by atoms with Crippen molar-refractivity contribution in [1.29, 1.82) is 0 Å². The number of rotatable bonds is 2. The molecule has 0 radical (unpaired) electrons. The SMILES string of the molecule is CC(O)C1CCCCN1C(=O)C1CCNCC1. The molecule has 2 aliphatic rings. The fourth-order valence-electron chi connectivity index (χ4n) is 3.04. The molecule has 2 N–H and O–H groups in total. The number of amides is 1. The molecule has 2 saturated heterocycles. The van der Waals surface area contributed by atoms with Crippen molar-refractivity contribution >= 4 is 5.91 Å².